The summed E-state index contributed by atoms with van der Waals surface area (Å²) in [6.07, 6.45) is 1.46. The second-order valence-corrected chi connectivity index (χ2v) is 11.2. The Morgan fingerprint density at radius 1 is 0.974 bits per heavy atom. The molecule has 1 atom stereocenters. The minimum Gasteiger partial charge on any atom is -0.318 e. The summed E-state index contributed by atoms with van der Waals surface area (Å²) < 4.78 is 30.8. The maximum atomic E-state index is 13.0. The van der Waals surface area contributed by atoms with Crippen LogP contribution >= 0.6 is 11.6 Å². The first-order valence-corrected chi connectivity index (χ1v) is 13.9. The van der Waals surface area contributed by atoms with Crippen LogP contribution < -0.4 is 10.1 Å². The predicted molar refractivity (Wildman–Crippen MR) is 151 cm³/mol. The Bertz CT molecular complexity index is 1550. The summed E-state index contributed by atoms with van der Waals surface area (Å²) in [7, 11) is -3.85. The molecule has 1 aromatic heterocycles. The minimum absolute atomic E-state index is 0.129. The number of rotatable bonds is 9. The molecule has 1 amide bonds. The Kier molecular flexibility index (Phi) is 8.46. The van der Waals surface area contributed by atoms with E-state index in [0.717, 1.165) is 28.2 Å². The third-order valence-corrected chi connectivity index (χ3v) is 7.91. The molecular weight excluding hydrogens is 520 g/mol. The normalized spacial score (nSPS) is 12.5. The van der Waals surface area contributed by atoms with Crippen molar-refractivity contribution in [1.82, 2.24) is 14.7 Å². The second kappa shape index (κ2) is 11.8. The molecule has 196 valence electrons. The van der Waals surface area contributed by atoms with E-state index in [1.54, 1.807) is 54.7 Å². The molecule has 0 fully saturated rings. The molecule has 2 N–H and O–H groups in total. The third-order valence-electron chi connectivity index (χ3n) is 6.17. The molecule has 0 bridgehead atoms. The van der Waals surface area contributed by atoms with Crippen LogP contribution in [0.3, 0.4) is 0 Å². The van der Waals surface area contributed by atoms with Gasteiger partial charge in [-0.2, -0.15) is 5.10 Å². The van der Waals surface area contributed by atoms with Gasteiger partial charge in [0.2, 0.25) is 15.9 Å². The van der Waals surface area contributed by atoms with Gasteiger partial charge in [-0.3, -0.25) is 4.79 Å². The zero-order valence-corrected chi connectivity index (χ0v) is 22.9. The van der Waals surface area contributed by atoms with Crippen LogP contribution in [-0.2, 0) is 14.8 Å². The first-order valence-electron chi connectivity index (χ1n) is 12.0. The lowest BCUT2D eigenvalue weighted by atomic mass is 10.0. The largest absolute Gasteiger partial charge is 0.318 e. The molecule has 0 unspecified atom stereocenters. The molecule has 38 heavy (non-hydrogen) atoms. The van der Waals surface area contributed by atoms with Gasteiger partial charge >= 0.3 is 0 Å². The number of nitrogens with one attached hydrogen (secondary N) is 2. The summed E-state index contributed by atoms with van der Waals surface area (Å²) in [5.74, 6) is -0.423. The van der Waals surface area contributed by atoms with E-state index < -0.39 is 22.0 Å². The van der Waals surface area contributed by atoms with Crippen molar-refractivity contribution >= 4 is 33.7 Å². The van der Waals surface area contributed by atoms with Crippen molar-refractivity contribution in [3.8, 4) is 5.69 Å². The van der Waals surface area contributed by atoms with Crippen LogP contribution in [0.2, 0.25) is 5.02 Å². The van der Waals surface area contributed by atoms with Crippen LogP contribution in [0.15, 0.2) is 94.9 Å². The van der Waals surface area contributed by atoms with E-state index in [1.165, 1.54) is 0 Å². The van der Waals surface area contributed by atoms with E-state index in [2.05, 4.69) is 19.8 Å². The van der Waals surface area contributed by atoms with Crippen molar-refractivity contribution in [1.29, 1.82) is 0 Å². The highest BCUT2D eigenvalue weighted by Crippen LogP contribution is 2.22. The van der Waals surface area contributed by atoms with Gasteiger partial charge < -0.3 is 4.57 Å². The van der Waals surface area contributed by atoms with Crippen LogP contribution in [0.25, 0.3) is 5.69 Å². The fourth-order valence-corrected chi connectivity index (χ4v) is 5.55. The monoisotopic (exact) mass is 548 g/mol. The zero-order valence-electron chi connectivity index (χ0n) is 21.4. The number of nitrogens with zero attached hydrogens (tertiary/aromatic N) is 2. The minimum atomic E-state index is -3.85. The Morgan fingerprint density at radius 3 is 2.29 bits per heavy atom. The van der Waals surface area contributed by atoms with Crippen LogP contribution in [0.4, 0.5) is 0 Å². The molecule has 0 saturated heterocycles. The van der Waals surface area contributed by atoms with E-state index >= 15 is 0 Å². The van der Waals surface area contributed by atoms with Gasteiger partial charge in [0.25, 0.3) is 0 Å². The van der Waals surface area contributed by atoms with E-state index in [9.17, 15) is 13.2 Å². The molecular formula is C29H29ClN4O3S. The Morgan fingerprint density at radius 2 is 1.63 bits per heavy atom. The molecule has 0 saturated carbocycles. The van der Waals surface area contributed by atoms with Gasteiger partial charge in [0.15, 0.2) is 0 Å². The maximum absolute atomic E-state index is 13.0. The first-order chi connectivity index (χ1) is 18.1. The highest BCUT2D eigenvalue weighted by atomic mass is 35.5. The average Bonchev–Trinajstić information content (AvgIpc) is 3.17. The first kappa shape index (κ1) is 27.3. The Balaban J connectivity index is 1.48. The second-order valence-electron chi connectivity index (χ2n) is 9.03. The SMILES string of the molecule is Cc1ccc(S(=O)(=O)N[C@H](CC(=O)N/N=C\c2cc(C)n(-c3ccc(Cl)cc3)c2C)c2ccccc2)cc1. The number of carbonyl (C=O) groups is 1. The zero-order chi connectivity index (χ0) is 27.3. The summed E-state index contributed by atoms with van der Waals surface area (Å²) in [5, 5.41) is 4.80. The van der Waals surface area contributed by atoms with Gasteiger partial charge in [0.05, 0.1) is 17.2 Å². The summed E-state index contributed by atoms with van der Waals surface area (Å²) in [6, 6.07) is 24.3. The molecule has 0 aliphatic carbocycles. The average molecular weight is 549 g/mol. The quantitative estimate of drug-likeness (QED) is 0.210. The van der Waals surface area contributed by atoms with Gasteiger partial charge in [-0.25, -0.2) is 18.6 Å². The molecule has 0 radical (unpaired) electrons. The summed E-state index contributed by atoms with van der Waals surface area (Å²) in [5.41, 5.74) is 7.94. The molecule has 7 nitrogen and oxygen atoms in total. The number of amides is 1. The van der Waals surface area contributed by atoms with Gasteiger partial charge in [0, 0.05) is 34.1 Å². The molecule has 9 heteroatoms. The summed E-state index contributed by atoms with van der Waals surface area (Å²) in [4.78, 5) is 13.0. The predicted octanol–water partition coefficient (Wildman–Crippen LogP) is 5.62. The van der Waals surface area contributed by atoms with E-state index in [1.807, 2.05) is 57.2 Å². The lowest BCUT2D eigenvalue weighted by Gasteiger charge is -2.18. The van der Waals surface area contributed by atoms with E-state index in [0.29, 0.717) is 10.6 Å². The van der Waals surface area contributed by atoms with Crippen LogP contribution in [0, 0.1) is 20.8 Å². The molecule has 0 spiro atoms. The number of hydrogen-bond acceptors (Lipinski definition) is 4. The highest BCUT2D eigenvalue weighted by molar-refractivity contribution is 7.89. The van der Waals surface area contributed by atoms with Crippen molar-refractivity contribution in [3.05, 3.63) is 118 Å². The number of sulfonamides is 1. The summed E-state index contributed by atoms with van der Waals surface area (Å²) >= 11 is 6.02. The van der Waals surface area contributed by atoms with Crippen LogP contribution in [0.5, 0.6) is 0 Å². The number of aryl methyl sites for hydroxylation is 2. The maximum Gasteiger partial charge on any atom is 0.242 e. The molecule has 0 aliphatic heterocycles. The standard InChI is InChI=1S/C29H29ClN4O3S/c1-20-9-15-27(16-10-20)38(36,37)33-28(23-7-5-4-6-8-23)18-29(35)32-31-19-24-17-21(2)34(22(24)3)26-13-11-25(30)12-14-26/h4-17,19,28,33H,18H2,1-3H3,(H,32,35)/b31-19-/t28-/m1/s1. The lowest BCUT2D eigenvalue weighted by molar-refractivity contribution is -0.121. The number of aromatic nitrogens is 1. The molecule has 0 aliphatic rings. The Labute approximate surface area is 228 Å². The van der Waals surface area contributed by atoms with Gasteiger partial charge in [-0.05, 0) is 68.8 Å². The number of halogens is 1. The number of benzene rings is 3. The van der Waals surface area contributed by atoms with Gasteiger partial charge in [-0.1, -0.05) is 59.6 Å². The third kappa shape index (κ3) is 6.58. The van der Waals surface area contributed by atoms with Crippen molar-refractivity contribution in [3.63, 3.8) is 0 Å². The van der Waals surface area contributed by atoms with E-state index in [4.69, 9.17) is 11.6 Å². The lowest BCUT2D eigenvalue weighted by Crippen LogP contribution is -2.32. The fourth-order valence-electron chi connectivity index (χ4n) is 4.20. The molecule has 4 rings (SSSR count). The molecule has 4 aromatic rings. The molecule has 3 aromatic carbocycles. The van der Waals surface area contributed by atoms with Crippen molar-refractivity contribution in [2.75, 3.05) is 0 Å². The number of hydrogen-bond donors (Lipinski definition) is 2. The fraction of sp³-hybridized carbons (Fsp3) is 0.172. The Hall–Kier alpha value is -3.72. The smallest absolute Gasteiger partial charge is 0.242 e. The number of carbonyl (C=O) groups excluding carboxylic acids is 1. The van der Waals surface area contributed by atoms with E-state index in [-0.39, 0.29) is 11.3 Å². The topological polar surface area (TPSA) is 92.6 Å². The van der Waals surface area contributed by atoms with Crippen LogP contribution in [-0.4, -0.2) is 25.1 Å². The van der Waals surface area contributed by atoms with Crippen LogP contribution in [0.1, 0.15) is 40.5 Å². The van der Waals surface area contributed by atoms with Crippen molar-refractivity contribution < 1.29 is 13.2 Å². The highest BCUT2D eigenvalue weighted by Gasteiger charge is 2.23. The van der Waals surface area contributed by atoms with Gasteiger partial charge in [0.1, 0.15) is 0 Å². The van der Waals surface area contributed by atoms with Crippen molar-refractivity contribution in [2.45, 2.75) is 38.1 Å². The summed E-state index contributed by atoms with van der Waals surface area (Å²) in [6.45, 7) is 5.84. The number of hydrazone groups is 1. The van der Waals surface area contributed by atoms with Gasteiger partial charge in [-0.15, -0.1) is 0 Å². The molecule has 1 heterocycles. The van der Waals surface area contributed by atoms with Crippen molar-refractivity contribution in [2.24, 2.45) is 5.10 Å².